The molecule has 7 heteroatoms. The van der Waals surface area contributed by atoms with Crippen LogP contribution in [0.1, 0.15) is 47.5 Å². The maximum Gasteiger partial charge on any atom is 0.500 e. The normalized spacial score (nSPS) is 10.7. The molecule has 0 aliphatic carbocycles. The van der Waals surface area contributed by atoms with Gasteiger partial charge in [0.25, 0.3) is 0 Å². The van der Waals surface area contributed by atoms with E-state index in [1.54, 1.807) is 0 Å². The molecule has 0 aromatic rings. The van der Waals surface area contributed by atoms with Crippen molar-refractivity contribution < 1.29 is 28.0 Å². The molecule has 0 spiro atoms. The molecule has 0 radical (unpaired) electrons. The summed E-state index contributed by atoms with van der Waals surface area (Å²) in [5.74, 6) is -1.37. The molecule has 0 atom stereocenters. The molecule has 0 rings (SSSR count). The van der Waals surface area contributed by atoms with E-state index in [4.69, 9.17) is 18.4 Å². The van der Waals surface area contributed by atoms with Crippen molar-refractivity contribution in [1.29, 1.82) is 0 Å². The van der Waals surface area contributed by atoms with Crippen LogP contribution in [0.4, 0.5) is 0 Å². The summed E-state index contributed by atoms with van der Waals surface area (Å²) in [5.41, 5.74) is 0. The highest BCUT2D eigenvalue weighted by molar-refractivity contribution is 6.60. The number of hydrogen-bond acceptors (Lipinski definition) is 5. The van der Waals surface area contributed by atoms with Crippen molar-refractivity contribution in [2.75, 3.05) is 19.8 Å². The summed E-state index contributed by atoms with van der Waals surface area (Å²) in [6.07, 6.45) is 0.687. The molecule has 0 heterocycles. The Bertz CT molecular complexity index is 228. The first kappa shape index (κ1) is 21.5. The van der Waals surface area contributed by atoms with Gasteiger partial charge in [-0.15, -0.1) is 0 Å². The number of Topliss-reactive ketones (excluding diaryl/α,β-unsaturated/α-hetero) is 1. The second-order valence-electron chi connectivity index (χ2n) is 4.00. The molecule has 120 valence electrons. The van der Waals surface area contributed by atoms with Crippen LogP contribution in [0.3, 0.4) is 0 Å². The lowest BCUT2D eigenvalue weighted by Gasteiger charge is -2.27. The fourth-order valence-electron chi connectivity index (χ4n) is 1.52. The highest BCUT2D eigenvalue weighted by Crippen LogP contribution is 2.17. The van der Waals surface area contributed by atoms with Crippen molar-refractivity contribution >= 4 is 20.6 Å². The standard InChI is InChI=1S/C9H22O3Si.C4H6O3/c1-5-9-13(10-6-2,11-7-3)12-8-4;1-3(5)2-4(6)7/h5-9H2,1-4H3;2H2,1H3,(H,6,7). The first-order valence-electron chi connectivity index (χ1n) is 7.00. The summed E-state index contributed by atoms with van der Waals surface area (Å²) < 4.78 is 16.9. The molecule has 20 heavy (non-hydrogen) atoms. The van der Waals surface area contributed by atoms with Gasteiger partial charge in [0.2, 0.25) is 0 Å². The minimum absolute atomic E-state index is 0.312. The largest absolute Gasteiger partial charge is 0.500 e. The van der Waals surface area contributed by atoms with E-state index in [-0.39, 0.29) is 12.2 Å². The van der Waals surface area contributed by atoms with Crippen LogP contribution >= 0.6 is 0 Å². The van der Waals surface area contributed by atoms with Crippen LogP contribution in [-0.2, 0) is 22.9 Å². The topological polar surface area (TPSA) is 82.1 Å². The maximum absolute atomic E-state index is 9.87. The Morgan fingerprint density at radius 2 is 1.35 bits per heavy atom. The summed E-state index contributed by atoms with van der Waals surface area (Å²) >= 11 is 0. The van der Waals surface area contributed by atoms with Gasteiger partial charge in [0.1, 0.15) is 12.2 Å². The van der Waals surface area contributed by atoms with E-state index in [2.05, 4.69) is 6.92 Å². The lowest BCUT2D eigenvalue weighted by atomic mass is 10.3. The van der Waals surface area contributed by atoms with Gasteiger partial charge in [-0.05, 0) is 27.7 Å². The molecular formula is C13H28O6Si. The predicted octanol–water partition coefficient (Wildman–Crippen LogP) is 2.49. The quantitative estimate of drug-likeness (QED) is 0.493. The molecule has 0 amide bonds. The molecular weight excluding hydrogens is 280 g/mol. The van der Waals surface area contributed by atoms with E-state index in [1.807, 2.05) is 20.8 Å². The zero-order valence-corrected chi connectivity index (χ0v) is 14.2. The summed E-state index contributed by atoms with van der Waals surface area (Å²) in [5, 5.41) is 7.86. The molecule has 0 aliphatic rings. The average molecular weight is 308 g/mol. The van der Waals surface area contributed by atoms with Crippen LogP contribution in [0, 0.1) is 0 Å². The number of carboxylic acids is 1. The zero-order chi connectivity index (χ0) is 16.0. The minimum atomic E-state index is -2.30. The second kappa shape index (κ2) is 13.2. The van der Waals surface area contributed by atoms with Gasteiger partial charge in [0.05, 0.1) is 0 Å². The molecule has 0 saturated carbocycles. The number of aliphatic carboxylic acids is 1. The molecule has 0 aliphatic heterocycles. The third-order valence-corrected chi connectivity index (χ3v) is 5.35. The highest BCUT2D eigenvalue weighted by Gasteiger charge is 2.38. The van der Waals surface area contributed by atoms with Gasteiger partial charge in [-0.25, -0.2) is 0 Å². The number of hydrogen-bond donors (Lipinski definition) is 1. The van der Waals surface area contributed by atoms with Gasteiger partial charge in [-0.1, -0.05) is 13.3 Å². The third-order valence-electron chi connectivity index (χ3n) is 2.05. The number of ketones is 1. The molecule has 0 unspecified atom stereocenters. The second-order valence-corrected chi connectivity index (χ2v) is 6.74. The fraction of sp³-hybridized carbons (Fsp3) is 0.846. The molecule has 0 bridgehead atoms. The van der Waals surface area contributed by atoms with E-state index in [0.717, 1.165) is 12.5 Å². The number of rotatable bonds is 10. The van der Waals surface area contributed by atoms with Crippen LogP contribution < -0.4 is 0 Å². The summed E-state index contributed by atoms with van der Waals surface area (Å²) in [6, 6.07) is 0.919. The van der Waals surface area contributed by atoms with Gasteiger partial charge < -0.3 is 18.4 Å². The Morgan fingerprint density at radius 1 is 0.950 bits per heavy atom. The van der Waals surface area contributed by atoms with Gasteiger partial charge in [0.15, 0.2) is 0 Å². The highest BCUT2D eigenvalue weighted by atomic mass is 28.4. The van der Waals surface area contributed by atoms with E-state index >= 15 is 0 Å². The van der Waals surface area contributed by atoms with E-state index < -0.39 is 14.8 Å². The molecule has 6 nitrogen and oxygen atoms in total. The Morgan fingerprint density at radius 3 is 1.50 bits per heavy atom. The van der Waals surface area contributed by atoms with Gasteiger partial charge >= 0.3 is 14.8 Å². The number of carbonyl (C=O) groups excluding carboxylic acids is 1. The van der Waals surface area contributed by atoms with Crippen LogP contribution in [-0.4, -0.2) is 45.5 Å². The van der Waals surface area contributed by atoms with Crippen molar-refractivity contribution in [2.24, 2.45) is 0 Å². The monoisotopic (exact) mass is 308 g/mol. The Balaban J connectivity index is 0. The predicted molar refractivity (Wildman–Crippen MR) is 78.7 cm³/mol. The van der Waals surface area contributed by atoms with Crippen molar-refractivity contribution in [2.45, 2.75) is 53.5 Å². The Hall–Kier alpha value is -0.763. The maximum atomic E-state index is 9.87. The summed E-state index contributed by atoms with van der Waals surface area (Å²) in [7, 11) is -2.30. The fourth-order valence-corrected chi connectivity index (χ4v) is 4.14. The minimum Gasteiger partial charge on any atom is -0.481 e. The molecule has 0 fully saturated rings. The average Bonchev–Trinajstić information content (AvgIpc) is 2.29. The smallest absolute Gasteiger partial charge is 0.481 e. The van der Waals surface area contributed by atoms with E-state index in [1.165, 1.54) is 6.92 Å². The van der Waals surface area contributed by atoms with E-state index in [0.29, 0.717) is 19.8 Å². The number of carbonyl (C=O) groups is 2. The van der Waals surface area contributed by atoms with Gasteiger partial charge in [-0.3, -0.25) is 9.59 Å². The molecule has 0 aromatic heterocycles. The summed E-state index contributed by atoms with van der Waals surface area (Å²) in [4.78, 5) is 19.5. The molecule has 1 N–H and O–H groups in total. The lowest BCUT2D eigenvalue weighted by molar-refractivity contribution is -0.139. The van der Waals surface area contributed by atoms with Crippen LogP contribution in [0.15, 0.2) is 0 Å². The van der Waals surface area contributed by atoms with Crippen LogP contribution in [0.25, 0.3) is 0 Å². The Kier molecular flexibility index (Phi) is 14.2. The third kappa shape index (κ3) is 12.3. The summed E-state index contributed by atoms with van der Waals surface area (Å²) in [6.45, 7) is 11.3. The van der Waals surface area contributed by atoms with Gasteiger partial charge in [0, 0.05) is 25.9 Å². The molecule has 0 saturated heterocycles. The van der Waals surface area contributed by atoms with Crippen molar-refractivity contribution in [3.63, 3.8) is 0 Å². The first-order chi connectivity index (χ1) is 9.37. The van der Waals surface area contributed by atoms with Crippen molar-refractivity contribution in [3.8, 4) is 0 Å². The first-order valence-corrected chi connectivity index (χ1v) is 8.93. The van der Waals surface area contributed by atoms with Crippen molar-refractivity contribution in [3.05, 3.63) is 0 Å². The van der Waals surface area contributed by atoms with Crippen LogP contribution in [0.2, 0.25) is 6.04 Å². The molecule has 0 aromatic carbocycles. The van der Waals surface area contributed by atoms with E-state index in [9.17, 15) is 9.59 Å². The Labute approximate surface area is 122 Å². The van der Waals surface area contributed by atoms with Crippen molar-refractivity contribution in [1.82, 2.24) is 0 Å². The van der Waals surface area contributed by atoms with Crippen LogP contribution in [0.5, 0.6) is 0 Å². The SMILES string of the molecule is CC(=O)CC(=O)O.CCC[Si](OCC)(OCC)OCC. The van der Waals surface area contributed by atoms with Gasteiger partial charge in [-0.2, -0.15) is 0 Å². The number of carboxylic acid groups (broad SMARTS) is 1. The lowest BCUT2D eigenvalue weighted by Crippen LogP contribution is -2.45. The zero-order valence-electron chi connectivity index (χ0n) is 13.2.